The molecule has 0 radical (unpaired) electrons. The molecule has 0 fully saturated rings. The Labute approximate surface area is 120 Å². The number of nitrogens with two attached hydrogens (primary N) is 1. The Morgan fingerprint density at radius 2 is 1.90 bits per heavy atom. The van der Waals surface area contributed by atoms with Gasteiger partial charge < -0.3 is 16.0 Å². The van der Waals surface area contributed by atoms with Crippen LogP contribution in [-0.4, -0.2) is 36.3 Å². The molecule has 1 rings (SSSR count). The molecule has 0 spiro atoms. The van der Waals surface area contributed by atoms with Crippen molar-refractivity contribution in [2.24, 2.45) is 0 Å². The highest BCUT2D eigenvalue weighted by Gasteiger charge is 2.18. The minimum Gasteiger partial charge on any atom is -0.399 e. The van der Waals surface area contributed by atoms with Gasteiger partial charge in [-0.25, -0.2) is 0 Å². The monoisotopic (exact) mass is 277 g/mol. The van der Waals surface area contributed by atoms with Crippen LogP contribution in [0.4, 0.5) is 5.69 Å². The maximum Gasteiger partial charge on any atom is 0.244 e. The molecule has 0 aliphatic heterocycles. The van der Waals surface area contributed by atoms with E-state index in [2.05, 4.69) is 5.32 Å². The third-order valence-corrected chi connectivity index (χ3v) is 3.22. The van der Waals surface area contributed by atoms with Crippen molar-refractivity contribution in [3.05, 3.63) is 29.8 Å². The van der Waals surface area contributed by atoms with Crippen LogP contribution in [-0.2, 0) is 16.0 Å². The number of nitrogen functional groups attached to an aromatic ring is 1. The number of nitrogens with one attached hydrogen (secondary N) is 1. The number of aryl methyl sites for hydroxylation is 1. The first kappa shape index (κ1) is 16.0. The van der Waals surface area contributed by atoms with Gasteiger partial charge in [-0.1, -0.05) is 12.1 Å². The summed E-state index contributed by atoms with van der Waals surface area (Å²) in [4.78, 5) is 25.2. The van der Waals surface area contributed by atoms with Crippen LogP contribution in [0.1, 0.15) is 25.8 Å². The lowest BCUT2D eigenvalue weighted by atomic mass is 10.1. The van der Waals surface area contributed by atoms with E-state index in [0.717, 1.165) is 5.56 Å². The van der Waals surface area contributed by atoms with E-state index in [4.69, 9.17) is 5.73 Å². The smallest absolute Gasteiger partial charge is 0.244 e. The number of rotatable bonds is 6. The molecule has 0 saturated carbocycles. The van der Waals surface area contributed by atoms with Crippen LogP contribution in [0.25, 0.3) is 0 Å². The van der Waals surface area contributed by atoms with Crippen molar-refractivity contribution in [1.29, 1.82) is 0 Å². The van der Waals surface area contributed by atoms with Gasteiger partial charge in [0.25, 0.3) is 0 Å². The van der Waals surface area contributed by atoms with Crippen LogP contribution in [0.2, 0.25) is 0 Å². The highest BCUT2D eigenvalue weighted by Crippen LogP contribution is 2.07. The fourth-order valence-corrected chi connectivity index (χ4v) is 1.80. The van der Waals surface area contributed by atoms with Crippen LogP contribution in [0.3, 0.4) is 0 Å². The van der Waals surface area contributed by atoms with Gasteiger partial charge in [-0.15, -0.1) is 0 Å². The first-order valence-corrected chi connectivity index (χ1v) is 6.82. The summed E-state index contributed by atoms with van der Waals surface area (Å²) >= 11 is 0. The fraction of sp³-hybridized carbons (Fsp3) is 0.467. The topological polar surface area (TPSA) is 75.4 Å². The average molecular weight is 277 g/mol. The zero-order valence-corrected chi connectivity index (χ0v) is 12.3. The lowest BCUT2D eigenvalue weighted by Gasteiger charge is -2.20. The summed E-state index contributed by atoms with van der Waals surface area (Å²) in [7, 11) is 1.72. The third-order valence-electron chi connectivity index (χ3n) is 3.22. The summed E-state index contributed by atoms with van der Waals surface area (Å²) in [6.07, 6.45) is 0.994. The highest BCUT2D eigenvalue weighted by molar-refractivity contribution is 5.87. The summed E-state index contributed by atoms with van der Waals surface area (Å²) < 4.78 is 0. The number of hydrogen-bond acceptors (Lipinski definition) is 3. The molecule has 1 aromatic carbocycles. The Morgan fingerprint density at radius 1 is 1.30 bits per heavy atom. The second kappa shape index (κ2) is 7.53. The van der Waals surface area contributed by atoms with Crippen molar-refractivity contribution < 1.29 is 9.59 Å². The molecule has 0 aromatic heterocycles. The first-order valence-electron chi connectivity index (χ1n) is 6.82. The Kier molecular flexibility index (Phi) is 6.03. The number of amides is 2. The predicted octanol–water partition coefficient (Wildman–Crippen LogP) is 1.18. The third kappa shape index (κ3) is 4.91. The molecule has 0 aliphatic rings. The average Bonchev–Trinajstić information content (AvgIpc) is 2.44. The quantitative estimate of drug-likeness (QED) is 0.767. The molecule has 0 aliphatic carbocycles. The number of anilines is 1. The largest absolute Gasteiger partial charge is 0.399 e. The molecule has 0 saturated heterocycles. The molecule has 0 bridgehead atoms. The van der Waals surface area contributed by atoms with E-state index >= 15 is 0 Å². The Hall–Kier alpha value is -2.04. The van der Waals surface area contributed by atoms with Crippen molar-refractivity contribution in [2.75, 3.05) is 19.3 Å². The zero-order valence-electron chi connectivity index (χ0n) is 12.3. The van der Waals surface area contributed by atoms with Crippen molar-refractivity contribution in [3.63, 3.8) is 0 Å². The normalized spacial score (nSPS) is 11.8. The van der Waals surface area contributed by atoms with E-state index in [1.807, 2.05) is 31.2 Å². The molecular weight excluding hydrogens is 254 g/mol. The van der Waals surface area contributed by atoms with E-state index in [1.165, 1.54) is 0 Å². The maximum atomic E-state index is 11.8. The van der Waals surface area contributed by atoms with Crippen molar-refractivity contribution in [2.45, 2.75) is 32.7 Å². The van der Waals surface area contributed by atoms with Gasteiger partial charge in [0.05, 0.1) is 0 Å². The molecule has 3 N–H and O–H groups in total. The minimum absolute atomic E-state index is 0.0756. The van der Waals surface area contributed by atoms with Gasteiger partial charge >= 0.3 is 0 Å². The van der Waals surface area contributed by atoms with Crippen LogP contribution in [0.5, 0.6) is 0 Å². The van der Waals surface area contributed by atoms with Crippen molar-refractivity contribution >= 4 is 17.5 Å². The minimum atomic E-state index is -0.487. The van der Waals surface area contributed by atoms with E-state index < -0.39 is 6.04 Å². The molecule has 5 heteroatoms. The molecule has 1 atom stereocenters. The lowest BCUT2D eigenvalue weighted by Crippen LogP contribution is -2.45. The molecule has 110 valence electrons. The van der Waals surface area contributed by atoms with E-state index in [0.29, 0.717) is 25.1 Å². The first-order chi connectivity index (χ1) is 9.43. The predicted molar refractivity (Wildman–Crippen MR) is 80.1 cm³/mol. The van der Waals surface area contributed by atoms with Crippen LogP contribution in [0, 0.1) is 0 Å². The zero-order chi connectivity index (χ0) is 15.1. The van der Waals surface area contributed by atoms with Gasteiger partial charge in [-0.3, -0.25) is 9.59 Å². The van der Waals surface area contributed by atoms with E-state index in [1.54, 1.807) is 18.9 Å². The summed E-state index contributed by atoms with van der Waals surface area (Å²) in [5, 5.41) is 2.72. The standard InChI is InChI=1S/C15H23N3O2/c1-4-18(3)15(20)11(2)17-14(19)10-7-12-5-8-13(16)9-6-12/h5-6,8-9,11H,4,7,10,16H2,1-3H3,(H,17,19). The van der Waals surface area contributed by atoms with Crippen molar-refractivity contribution in [3.8, 4) is 0 Å². The lowest BCUT2D eigenvalue weighted by molar-refractivity contribution is -0.134. The van der Waals surface area contributed by atoms with Crippen molar-refractivity contribution in [1.82, 2.24) is 10.2 Å². The Balaban J connectivity index is 2.40. The van der Waals surface area contributed by atoms with Crippen LogP contribution in [0.15, 0.2) is 24.3 Å². The number of benzene rings is 1. The molecule has 5 nitrogen and oxygen atoms in total. The maximum absolute atomic E-state index is 11.8. The molecule has 20 heavy (non-hydrogen) atoms. The molecule has 0 heterocycles. The molecule has 1 aromatic rings. The SMILES string of the molecule is CCN(C)C(=O)C(C)NC(=O)CCc1ccc(N)cc1. The molecule has 2 amide bonds. The Morgan fingerprint density at radius 3 is 2.45 bits per heavy atom. The van der Waals surface area contributed by atoms with Gasteiger partial charge in [-0.05, 0) is 38.0 Å². The van der Waals surface area contributed by atoms with Gasteiger partial charge in [0, 0.05) is 25.7 Å². The number of carbonyl (C=O) groups excluding carboxylic acids is 2. The summed E-state index contributed by atoms with van der Waals surface area (Å²) in [5.74, 6) is -0.194. The number of carbonyl (C=O) groups is 2. The summed E-state index contributed by atoms with van der Waals surface area (Å²) in [6.45, 7) is 4.23. The second-order valence-corrected chi connectivity index (χ2v) is 4.88. The van der Waals surface area contributed by atoms with Gasteiger partial charge in [-0.2, -0.15) is 0 Å². The molecular formula is C15H23N3O2. The van der Waals surface area contributed by atoms with Crippen LogP contribution < -0.4 is 11.1 Å². The summed E-state index contributed by atoms with van der Waals surface area (Å²) in [5.41, 5.74) is 7.36. The van der Waals surface area contributed by atoms with Gasteiger partial charge in [0.1, 0.15) is 6.04 Å². The number of likely N-dealkylation sites (N-methyl/N-ethyl adjacent to an activating group) is 1. The van der Waals surface area contributed by atoms with Gasteiger partial charge in [0.2, 0.25) is 11.8 Å². The Bertz CT molecular complexity index is 457. The van der Waals surface area contributed by atoms with E-state index in [-0.39, 0.29) is 11.8 Å². The van der Waals surface area contributed by atoms with Gasteiger partial charge in [0.15, 0.2) is 0 Å². The molecule has 1 unspecified atom stereocenters. The van der Waals surface area contributed by atoms with E-state index in [9.17, 15) is 9.59 Å². The van der Waals surface area contributed by atoms with Crippen LogP contribution >= 0.6 is 0 Å². The highest BCUT2D eigenvalue weighted by atomic mass is 16.2. The number of hydrogen-bond donors (Lipinski definition) is 2. The number of nitrogens with zero attached hydrogens (tertiary/aromatic N) is 1. The summed E-state index contributed by atoms with van der Waals surface area (Å²) in [6, 6.07) is 6.95. The second-order valence-electron chi connectivity index (χ2n) is 4.88. The fourth-order valence-electron chi connectivity index (χ4n) is 1.80.